The van der Waals surface area contributed by atoms with Crippen LogP contribution < -0.4 is 0 Å². The van der Waals surface area contributed by atoms with Gasteiger partial charge in [-0.25, -0.2) is 0 Å². The molecule has 1 rings (SSSR count). The van der Waals surface area contributed by atoms with Crippen molar-refractivity contribution in [2.75, 3.05) is 0 Å². The van der Waals surface area contributed by atoms with Gasteiger partial charge in [-0.15, -0.1) is 0 Å². The van der Waals surface area contributed by atoms with E-state index >= 15 is 0 Å². The molecule has 1 nitrogen and oxygen atoms in total. The first-order valence-corrected chi connectivity index (χ1v) is 3.85. The van der Waals surface area contributed by atoms with Gasteiger partial charge in [0.15, 0.2) is 0 Å². The summed E-state index contributed by atoms with van der Waals surface area (Å²) >= 11 is 0. The molecule has 0 aromatic rings. The fourth-order valence-corrected chi connectivity index (χ4v) is 0.698. The number of hydrogen-bond acceptors (Lipinski definition) is 1. The third-order valence-corrected chi connectivity index (χ3v) is 1.23. The molecule has 1 aliphatic rings. The maximum atomic E-state index is 4.00. The van der Waals surface area contributed by atoms with Crippen LogP contribution in [-0.2, 0) is 0 Å². The number of aliphatic imine (C=N–C) groups is 1. The van der Waals surface area contributed by atoms with Crippen molar-refractivity contribution in [1.29, 1.82) is 0 Å². The van der Waals surface area contributed by atoms with Crippen LogP contribution in [-0.4, -0.2) is 6.21 Å². The Labute approximate surface area is 72.8 Å². The smallest absolute Gasteiger partial charge is 0.0267 e. The Morgan fingerprint density at radius 3 is 1.67 bits per heavy atom. The van der Waals surface area contributed by atoms with Gasteiger partial charge in [-0.05, 0) is 12.2 Å². The molecule has 0 unspecified atom stereocenters. The van der Waals surface area contributed by atoms with E-state index in [9.17, 15) is 0 Å². The number of rotatable bonds is 0. The Kier molecular flexibility index (Phi) is 4.31. The van der Waals surface area contributed by atoms with Crippen LogP contribution in [0.5, 0.6) is 0 Å². The lowest BCUT2D eigenvalue weighted by molar-refractivity contribution is 1.59. The summed E-state index contributed by atoms with van der Waals surface area (Å²) in [6.45, 7) is 0. The summed E-state index contributed by atoms with van der Waals surface area (Å²) in [6.07, 6.45) is 21.0. The Morgan fingerprint density at radius 2 is 1.00 bits per heavy atom. The van der Waals surface area contributed by atoms with E-state index < -0.39 is 0 Å². The molecule has 0 bridgehead atoms. The van der Waals surface area contributed by atoms with Gasteiger partial charge in [-0.2, -0.15) is 0 Å². The normalized spacial score (nSPS) is 16.0. The van der Waals surface area contributed by atoms with Crippen molar-refractivity contribution in [3.8, 4) is 0 Å². The van der Waals surface area contributed by atoms with Crippen LogP contribution in [0.15, 0.2) is 65.9 Å². The fraction of sp³-hybridized carbons (Fsp3) is 0. The van der Waals surface area contributed by atoms with Gasteiger partial charge < -0.3 is 0 Å². The topological polar surface area (TPSA) is 12.4 Å². The molecule has 0 aromatic heterocycles. The van der Waals surface area contributed by atoms with Crippen LogP contribution in [0.3, 0.4) is 0 Å². The van der Waals surface area contributed by atoms with Crippen molar-refractivity contribution in [1.82, 2.24) is 0 Å². The van der Waals surface area contributed by atoms with Gasteiger partial charge in [0.2, 0.25) is 0 Å². The molecule has 12 heavy (non-hydrogen) atoms. The van der Waals surface area contributed by atoms with E-state index in [0.717, 1.165) is 0 Å². The lowest BCUT2D eigenvalue weighted by atomic mass is 10.3. The molecule has 0 saturated heterocycles. The second kappa shape index (κ2) is 6.10. The third-order valence-electron chi connectivity index (χ3n) is 1.23. The Hall–Kier alpha value is -1.63. The Morgan fingerprint density at radius 1 is 0.500 bits per heavy atom. The predicted molar refractivity (Wildman–Crippen MR) is 54.2 cm³/mol. The molecule has 0 aromatic carbocycles. The molecule has 0 N–H and O–H groups in total. The quantitative estimate of drug-likeness (QED) is 0.512. The predicted octanol–water partition coefficient (Wildman–Crippen LogP) is 2.81. The second-order valence-corrected chi connectivity index (χ2v) is 2.18. The summed E-state index contributed by atoms with van der Waals surface area (Å²) in [5.74, 6) is 0. The maximum absolute atomic E-state index is 4.00. The van der Waals surface area contributed by atoms with Crippen molar-refractivity contribution in [2.45, 2.75) is 0 Å². The summed E-state index contributed by atoms with van der Waals surface area (Å²) < 4.78 is 0. The van der Waals surface area contributed by atoms with Crippen molar-refractivity contribution >= 4 is 6.21 Å². The zero-order chi connectivity index (χ0) is 8.49. The second-order valence-electron chi connectivity index (χ2n) is 2.18. The summed E-state index contributed by atoms with van der Waals surface area (Å²) in [6, 6.07) is 0. The number of nitrogens with zero attached hydrogens (tertiary/aromatic N) is 1. The van der Waals surface area contributed by atoms with Crippen molar-refractivity contribution in [3.05, 3.63) is 60.9 Å². The summed E-state index contributed by atoms with van der Waals surface area (Å²) in [7, 11) is 0. The van der Waals surface area contributed by atoms with Crippen molar-refractivity contribution in [3.63, 3.8) is 0 Å². The van der Waals surface area contributed by atoms with Gasteiger partial charge in [0.1, 0.15) is 0 Å². The Balaban J connectivity index is 2.67. The molecule has 0 radical (unpaired) electrons. The molecular weight excluding hydrogens is 146 g/mol. The molecule has 1 heterocycles. The fourth-order valence-electron chi connectivity index (χ4n) is 0.698. The minimum Gasteiger partial charge on any atom is -0.265 e. The van der Waals surface area contributed by atoms with Gasteiger partial charge >= 0.3 is 0 Å². The van der Waals surface area contributed by atoms with E-state index in [-0.39, 0.29) is 0 Å². The van der Waals surface area contributed by atoms with E-state index in [0.29, 0.717) is 0 Å². The molecule has 1 heteroatoms. The van der Waals surface area contributed by atoms with E-state index in [2.05, 4.69) is 4.99 Å². The molecule has 0 atom stereocenters. The first-order chi connectivity index (χ1) is 6.00. The molecule has 0 saturated carbocycles. The third kappa shape index (κ3) is 4.23. The largest absolute Gasteiger partial charge is 0.265 e. The monoisotopic (exact) mass is 157 g/mol. The average Bonchev–Trinajstić information content (AvgIpc) is 2.05. The molecule has 1 aliphatic heterocycles. The zero-order valence-corrected chi connectivity index (χ0v) is 6.80. The summed E-state index contributed by atoms with van der Waals surface area (Å²) in [4.78, 5) is 4.00. The molecule has 0 amide bonds. The minimum atomic E-state index is 1.75. The lowest BCUT2D eigenvalue weighted by Crippen LogP contribution is -1.61. The summed E-state index contributed by atoms with van der Waals surface area (Å²) in [5.41, 5.74) is 0. The molecule has 0 aliphatic carbocycles. The molecule has 0 spiro atoms. The Bertz CT molecular complexity index is 174. The number of hydrogen-bond donors (Lipinski definition) is 0. The van der Waals surface area contributed by atoms with Crippen LogP contribution in [0.4, 0.5) is 0 Å². The standard InChI is InChI=1S/C11H11N/c1-2-4-6-8-10-12-11-9-7-5-3-1/h1-11H. The zero-order valence-electron chi connectivity index (χ0n) is 6.80. The van der Waals surface area contributed by atoms with Crippen molar-refractivity contribution < 1.29 is 0 Å². The van der Waals surface area contributed by atoms with Crippen LogP contribution in [0.25, 0.3) is 0 Å². The van der Waals surface area contributed by atoms with E-state index in [1.165, 1.54) is 0 Å². The lowest BCUT2D eigenvalue weighted by Gasteiger charge is -1.77. The van der Waals surface area contributed by atoms with E-state index in [1.54, 1.807) is 12.4 Å². The van der Waals surface area contributed by atoms with Gasteiger partial charge in [0.05, 0.1) is 0 Å². The van der Waals surface area contributed by atoms with E-state index in [4.69, 9.17) is 0 Å². The van der Waals surface area contributed by atoms with Crippen LogP contribution >= 0.6 is 0 Å². The van der Waals surface area contributed by atoms with Crippen LogP contribution in [0.1, 0.15) is 0 Å². The highest BCUT2D eigenvalue weighted by atomic mass is 14.6. The highest BCUT2D eigenvalue weighted by Crippen LogP contribution is 1.85. The molecular formula is C11H11N. The SMILES string of the molecule is C1=CC=CC=CN=CC=CC=C1. The summed E-state index contributed by atoms with van der Waals surface area (Å²) in [5, 5.41) is 0. The maximum Gasteiger partial charge on any atom is 0.0267 e. The van der Waals surface area contributed by atoms with Crippen LogP contribution in [0.2, 0.25) is 0 Å². The number of allylic oxidation sites excluding steroid dienone is 9. The van der Waals surface area contributed by atoms with Gasteiger partial charge in [-0.3, -0.25) is 4.99 Å². The molecule has 0 fully saturated rings. The van der Waals surface area contributed by atoms with Crippen LogP contribution in [0, 0.1) is 0 Å². The average molecular weight is 157 g/mol. The highest BCUT2D eigenvalue weighted by Gasteiger charge is 1.66. The van der Waals surface area contributed by atoms with Gasteiger partial charge in [0.25, 0.3) is 0 Å². The minimum absolute atomic E-state index is 1.75. The highest BCUT2D eigenvalue weighted by molar-refractivity contribution is 5.72. The first-order valence-electron chi connectivity index (χ1n) is 3.85. The van der Waals surface area contributed by atoms with Gasteiger partial charge in [0, 0.05) is 12.4 Å². The van der Waals surface area contributed by atoms with E-state index in [1.807, 2.05) is 54.7 Å². The first kappa shape index (κ1) is 8.47. The molecule has 60 valence electrons. The van der Waals surface area contributed by atoms with Gasteiger partial charge in [-0.1, -0.05) is 42.5 Å². The van der Waals surface area contributed by atoms with Crippen molar-refractivity contribution in [2.24, 2.45) is 4.99 Å².